The normalized spacial score (nSPS) is 12.1. The van der Waals surface area contributed by atoms with Crippen molar-refractivity contribution >= 4 is 11.9 Å². The molecule has 0 radical (unpaired) electrons. The second-order valence-electron chi connectivity index (χ2n) is 11.4. The average molecular weight is 540 g/mol. The highest BCUT2D eigenvalue weighted by molar-refractivity contribution is 5.81. The lowest BCUT2D eigenvalue weighted by Gasteiger charge is -2.14. The number of esters is 1. The fraction of sp³-hybridized carbons (Fsp3) is 0.939. The number of carbonyl (C=O) groups excluding carboxylic acids is 1. The van der Waals surface area contributed by atoms with Crippen molar-refractivity contribution < 1.29 is 19.4 Å². The molecule has 5 nitrogen and oxygen atoms in total. The minimum absolute atomic E-state index is 0.0913. The van der Waals surface area contributed by atoms with Crippen molar-refractivity contribution in [2.75, 3.05) is 13.2 Å². The number of unbranched alkanes of at least 4 members (excludes halogenated alkanes) is 23. The highest BCUT2D eigenvalue weighted by atomic mass is 16.5. The maximum atomic E-state index is 12.1. The number of carbonyl (C=O) groups is 2. The van der Waals surface area contributed by atoms with E-state index in [1.165, 1.54) is 135 Å². The second-order valence-corrected chi connectivity index (χ2v) is 11.4. The molecule has 0 bridgehead atoms. The van der Waals surface area contributed by atoms with E-state index in [0.717, 1.165) is 25.7 Å². The third kappa shape index (κ3) is 27.9. The van der Waals surface area contributed by atoms with E-state index in [4.69, 9.17) is 4.74 Å². The largest absolute Gasteiger partial charge is 0.480 e. The Morgan fingerprint density at radius 1 is 0.553 bits per heavy atom. The predicted octanol–water partition coefficient (Wildman–Crippen LogP) is 9.75. The van der Waals surface area contributed by atoms with E-state index in [1.807, 2.05) is 0 Å². The molecule has 0 amide bonds. The molecule has 0 rings (SSSR count). The van der Waals surface area contributed by atoms with Crippen LogP contribution in [0.25, 0.3) is 0 Å². The number of hydrogen-bond acceptors (Lipinski definition) is 4. The van der Waals surface area contributed by atoms with Gasteiger partial charge in [-0.05, 0) is 19.4 Å². The van der Waals surface area contributed by atoms with Crippen LogP contribution in [0.1, 0.15) is 181 Å². The summed E-state index contributed by atoms with van der Waals surface area (Å²) in [4.78, 5) is 23.6. The van der Waals surface area contributed by atoms with Gasteiger partial charge in [-0.25, -0.2) is 0 Å². The van der Waals surface area contributed by atoms with Gasteiger partial charge in [-0.3, -0.25) is 9.59 Å². The maximum Gasteiger partial charge on any atom is 0.321 e. The van der Waals surface area contributed by atoms with Gasteiger partial charge in [0.15, 0.2) is 0 Å². The maximum absolute atomic E-state index is 12.1. The summed E-state index contributed by atoms with van der Waals surface area (Å²) in [6.07, 6.45) is 32.0. The van der Waals surface area contributed by atoms with Crippen LogP contribution in [0, 0.1) is 0 Å². The van der Waals surface area contributed by atoms with E-state index in [1.54, 1.807) is 0 Å². The first-order valence-electron chi connectivity index (χ1n) is 16.7. The number of nitrogens with one attached hydrogen (secondary N) is 1. The molecule has 0 aliphatic rings. The zero-order chi connectivity index (χ0) is 27.9. The van der Waals surface area contributed by atoms with E-state index < -0.39 is 18.0 Å². The van der Waals surface area contributed by atoms with Gasteiger partial charge in [-0.15, -0.1) is 0 Å². The Labute approximate surface area is 236 Å². The minimum Gasteiger partial charge on any atom is -0.480 e. The molecule has 2 N–H and O–H groups in total. The fourth-order valence-electron chi connectivity index (χ4n) is 5.02. The van der Waals surface area contributed by atoms with Crippen LogP contribution in [0.2, 0.25) is 0 Å². The standard InChI is InChI=1S/C33H65NO4/c1-3-5-7-9-11-13-15-16-17-18-20-22-24-26-28-34-31(33(36)37)30-32(35)38-29-27-25-23-21-19-14-12-10-8-6-4-2/h31,34H,3-30H2,1-2H3,(H,36,37)/t31-/m0/s1. The molecule has 5 heteroatoms. The first kappa shape index (κ1) is 36.9. The molecule has 1 atom stereocenters. The Bertz CT molecular complexity index is 511. The Hall–Kier alpha value is -1.10. The van der Waals surface area contributed by atoms with Crippen LogP contribution in [0.15, 0.2) is 0 Å². The van der Waals surface area contributed by atoms with Gasteiger partial charge >= 0.3 is 11.9 Å². The van der Waals surface area contributed by atoms with Gasteiger partial charge in [0.2, 0.25) is 0 Å². The summed E-state index contributed by atoms with van der Waals surface area (Å²) in [5, 5.41) is 12.5. The Morgan fingerprint density at radius 2 is 0.895 bits per heavy atom. The monoisotopic (exact) mass is 539 g/mol. The predicted molar refractivity (Wildman–Crippen MR) is 162 cm³/mol. The van der Waals surface area contributed by atoms with Crippen molar-refractivity contribution in [1.29, 1.82) is 0 Å². The average Bonchev–Trinajstić information content (AvgIpc) is 2.90. The van der Waals surface area contributed by atoms with Gasteiger partial charge in [0.25, 0.3) is 0 Å². The summed E-state index contributed by atoms with van der Waals surface area (Å²) in [6.45, 7) is 5.56. The molecule has 0 unspecified atom stereocenters. The van der Waals surface area contributed by atoms with Crippen molar-refractivity contribution in [2.45, 2.75) is 187 Å². The SMILES string of the molecule is CCCCCCCCCCCCCCCCN[C@@H](CC(=O)OCCCCCCCCCCCCC)C(=O)O. The molecule has 0 aromatic carbocycles. The van der Waals surface area contributed by atoms with Crippen molar-refractivity contribution in [1.82, 2.24) is 5.32 Å². The third-order valence-corrected chi connectivity index (χ3v) is 7.60. The Balaban J connectivity index is 3.54. The molecule has 0 fully saturated rings. The third-order valence-electron chi connectivity index (χ3n) is 7.60. The van der Waals surface area contributed by atoms with Gasteiger partial charge in [0.1, 0.15) is 6.04 Å². The Morgan fingerprint density at radius 3 is 1.26 bits per heavy atom. The first-order chi connectivity index (χ1) is 18.6. The molecule has 0 aliphatic carbocycles. The minimum atomic E-state index is -0.970. The molecule has 0 aromatic rings. The van der Waals surface area contributed by atoms with E-state index in [9.17, 15) is 14.7 Å². The zero-order valence-corrected chi connectivity index (χ0v) is 25.5. The van der Waals surface area contributed by atoms with Crippen LogP contribution in [-0.4, -0.2) is 36.2 Å². The molecule has 0 saturated carbocycles. The van der Waals surface area contributed by atoms with Gasteiger partial charge in [-0.1, -0.05) is 162 Å². The van der Waals surface area contributed by atoms with Crippen LogP contribution in [0.4, 0.5) is 0 Å². The van der Waals surface area contributed by atoms with Crippen molar-refractivity contribution in [3.63, 3.8) is 0 Å². The quantitative estimate of drug-likeness (QED) is 0.0677. The number of hydrogen-bond donors (Lipinski definition) is 2. The summed E-state index contributed by atoms with van der Waals surface area (Å²) in [6, 6.07) is -0.846. The molecule has 0 spiro atoms. The molecule has 0 heterocycles. The molecular weight excluding hydrogens is 474 g/mol. The smallest absolute Gasteiger partial charge is 0.321 e. The van der Waals surface area contributed by atoms with Crippen LogP contribution < -0.4 is 5.32 Å². The van der Waals surface area contributed by atoms with Crippen molar-refractivity contribution in [3.8, 4) is 0 Å². The molecule has 0 saturated heterocycles. The van der Waals surface area contributed by atoms with Gasteiger partial charge < -0.3 is 15.2 Å². The van der Waals surface area contributed by atoms with Crippen molar-refractivity contribution in [2.24, 2.45) is 0 Å². The van der Waals surface area contributed by atoms with Crippen LogP contribution in [0.5, 0.6) is 0 Å². The lowest BCUT2D eigenvalue weighted by atomic mass is 10.0. The van der Waals surface area contributed by atoms with Gasteiger partial charge in [0, 0.05) is 0 Å². The fourth-order valence-corrected chi connectivity index (χ4v) is 5.02. The number of carboxylic acid groups (broad SMARTS) is 1. The lowest BCUT2D eigenvalue weighted by Crippen LogP contribution is -2.39. The molecule has 0 aromatic heterocycles. The van der Waals surface area contributed by atoms with E-state index in [2.05, 4.69) is 19.2 Å². The van der Waals surface area contributed by atoms with Gasteiger partial charge in [-0.2, -0.15) is 0 Å². The number of aliphatic carboxylic acids is 1. The molecule has 38 heavy (non-hydrogen) atoms. The second kappa shape index (κ2) is 30.4. The zero-order valence-electron chi connectivity index (χ0n) is 25.5. The van der Waals surface area contributed by atoms with E-state index in [0.29, 0.717) is 13.2 Å². The Kier molecular flexibility index (Phi) is 29.6. The summed E-state index contributed by atoms with van der Waals surface area (Å²) in [5.41, 5.74) is 0. The molecule has 0 aliphatic heterocycles. The van der Waals surface area contributed by atoms with Crippen molar-refractivity contribution in [3.05, 3.63) is 0 Å². The topological polar surface area (TPSA) is 75.6 Å². The summed E-state index contributed by atoms with van der Waals surface area (Å²) in [7, 11) is 0. The lowest BCUT2D eigenvalue weighted by molar-refractivity contribution is -0.149. The van der Waals surface area contributed by atoms with E-state index >= 15 is 0 Å². The molecular formula is C33H65NO4. The number of carboxylic acids is 1. The highest BCUT2D eigenvalue weighted by Crippen LogP contribution is 2.13. The summed E-state index contributed by atoms with van der Waals surface area (Å²) in [5.74, 6) is -1.38. The van der Waals surface area contributed by atoms with E-state index in [-0.39, 0.29) is 6.42 Å². The summed E-state index contributed by atoms with van der Waals surface area (Å²) >= 11 is 0. The highest BCUT2D eigenvalue weighted by Gasteiger charge is 2.21. The van der Waals surface area contributed by atoms with Crippen LogP contribution in [0.3, 0.4) is 0 Å². The molecule has 226 valence electrons. The van der Waals surface area contributed by atoms with Crippen LogP contribution >= 0.6 is 0 Å². The number of rotatable bonds is 31. The van der Waals surface area contributed by atoms with Gasteiger partial charge in [0.05, 0.1) is 13.0 Å². The van der Waals surface area contributed by atoms with Crippen LogP contribution in [-0.2, 0) is 14.3 Å². The summed E-state index contributed by atoms with van der Waals surface area (Å²) < 4.78 is 5.29. The first-order valence-corrected chi connectivity index (χ1v) is 16.7. The number of ether oxygens (including phenoxy) is 1.